The summed E-state index contributed by atoms with van der Waals surface area (Å²) in [4.78, 5) is 48.7. The molecule has 0 aromatic rings. The van der Waals surface area contributed by atoms with Crippen LogP contribution < -0.4 is 0 Å². The topological polar surface area (TPSA) is 81.2 Å². The van der Waals surface area contributed by atoms with Crippen molar-refractivity contribution in [3.8, 4) is 0 Å². The van der Waals surface area contributed by atoms with Crippen molar-refractivity contribution < 1.29 is 19.5 Å². The smallest absolute Gasteiger partial charge is 0.247 e. The fourth-order valence-electron chi connectivity index (χ4n) is 8.08. The van der Waals surface area contributed by atoms with Gasteiger partial charge in [0.15, 0.2) is 0 Å². The minimum atomic E-state index is -0.757. The van der Waals surface area contributed by atoms with Crippen molar-refractivity contribution in [2.75, 3.05) is 26.7 Å². The van der Waals surface area contributed by atoms with E-state index in [0.717, 1.165) is 12.8 Å². The summed E-state index contributed by atoms with van der Waals surface area (Å²) in [7, 11) is 1.76. The first-order valence-corrected chi connectivity index (χ1v) is 15.8. The number of carbonyl (C=O) groups is 3. The van der Waals surface area contributed by atoms with Gasteiger partial charge < -0.3 is 19.8 Å². The molecule has 0 aromatic carbocycles. The third kappa shape index (κ3) is 5.64. The number of amides is 3. The first-order valence-electron chi connectivity index (χ1n) is 14.9. The van der Waals surface area contributed by atoms with Gasteiger partial charge in [-0.05, 0) is 50.4 Å². The average molecular weight is 576 g/mol. The summed E-state index contributed by atoms with van der Waals surface area (Å²) in [6.07, 6.45) is 5.59. The van der Waals surface area contributed by atoms with Crippen LogP contribution in [-0.2, 0) is 14.4 Å². The van der Waals surface area contributed by atoms with Gasteiger partial charge in [-0.25, -0.2) is 0 Å². The van der Waals surface area contributed by atoms with E-state index >= 15 is 0 Å². The molecule has 1 N–H and O–H groups in total. The quantitative estimate of drug-likeness (QED) is 0.344. The van der Waals surface area contributed by atoms with Gasteiger partial charge in [0.1, 0.15) is 6.04 Å². The van der Waals surface area contributed by atoms with Crippen molar-refractivity contribution >= 4 is 29.5 Å². The van der Waals surface area contributed by atoms with Crippen molar-refractivity contribution in [3.05, 3.63) is 25.3 Å². The Morgan fingerprint density at radius 3 is 2.25 bits per heavy atom. The van der Waals surface area contributed by atoms with E-state index in [0.29, 0.717) is 19.5 Å². The van der Waals surface area contributed by atoms with Gasteiger partial charge in [-0.2, -0.15) is 0 Å². The number of fused-ring (bicyclic) bond motifs is 1. The number of carbonyl (C=O) groups excluding carboxylic acids is 3. The number of hydrogen-bond acceptors (Lipinski definition) is 5. The number of nitrogens with zero attached hydrogens (tertiary/aromatic N) is 3. The van der Waals surface area contributed by atoms with Gasteiger partial charge >= 0.3 is 0 Å². The number of hydrogen-bond donors (Lipinski definition) is 1. The van der Waals surface area contributed by atoms with Crippen LogP contribution in [0, 0.1) is 29.1 Å². The Balaban J connectivity index is 2.20. The molecule has 0 radical (unpaired) electrons. The van der Waals surface area contributed by atoms with Gasteiger partial charge in [0.2, 0.25) is 17.7 Å². The van der Waals surface area contributed by atoms with E-state index in [2.05, 4.69) is 68.5 Å². The zero-order valence-corrected chi connectivity index (χ0v) is 27.1. The van der Waals surface area contributed by atoms with Crippen LogP contribution in [-0.4, -0.2) is 91.9 Å². The second-order valence-electron chi connectivity index (χ2n) is 14.6. The fourth-order valence-corrected chi connectivity index (χ4v) is 10.5. The first kappa shape index (κ1) is 32.7. The molecule has 40 heavy (non-hydrogen) atoms. The number of likely N-dealkylation sites (N-methyl/N-ethyl adjacent to an activating group) is 1. The Bertz CT molecular complexity index is 1000. The molecule has 7 atom stereocenters. The fraction of sp³-hybridized carbons (Fsp3) is 0.781. The molecule has 7 nitrogen and oxygen atoms in total. The molecule has 2 bridgehead atoms. The highest BCUT2D eigenvalue weighted by Crippen LogP contribution is 2.69. The Hall–Kier alpha value is -1.80. The minimum Gasteiger partial charge on any atom is -0.394 e. The lowest BCUT2D eigenvalue weighted by atomic mass is 9.65. The van der Waals surface area contributed by atoms with Crippen molar-refractivity contribution in [2.45, 2.75) is 102 Å². The van der Waals surface area contributed by atoms with Crippen molar-refractivity contribution in [1.29, 1.82) is 0 Å². The molecule has 0 saturated carbocycles. The monoisotopic (exact) mass is 575 g/mol. The van der Waals surface area contributed by atoms with Gasteiger partial charge in [-0.15, -0.1) is 24.9 Å². The van der Waals surface area contributed by atoms with Crippen LogP contribution in [0.1, 0.15) is 74.7 Å². The molecular formula is C32H53N3O4S. The molecule has 226 valence electrons. The maximum Gasteiger partial charge on any atom is 0.247 e. The van der Waals surface area contributed by atoms with E-state index in [1.165, 1.54) is 0 Å². The van der Waals surface area contributed by atoms with Gasteiger partial charge in [-0.3, -0.25) is 14.4 Å². The molecule has 3 unspecified atom stereocenters. The Kier molecular flexibility index (Phi) is 9.67. The number of aliphatic hydroxyl groups is 1. The molecule has 8 heteroatoms. The Morgan fingerprint density at radius 2 is 1.75 bits per heavy atom. The largest absolute Gasteiger partial charge is 0.394 e. The third-order valence-corrected chi connectivity index (χ3v) is 11.2. The highest BCUT2D eigenvalue weighted by atomic mass is 32.2. The molecule has 0 aliphatic carbocycles. The lowest BCUT2D eigenvalue weighted by Crippen LogP contribution is -2.63. The van der Waals surface area contributed by atoms with Gasteiger partial charge in [-0.1, -0.05) is 53.7 Å². The molecule has 3 fully saturated rings. The zero-order valence-electron chi connectivity index (χ0n) is 26.3. The summed E-state index contributed by atoms with van der Waals surface area (Å²) >= 11 is 1.69. The molecule has 1 spiro atoms. The maximum absolute atomic E-state index is 15.0. The van der Waals surface area contributed by atoms with E-state index in [1.54, 1.807) is 40.8 Å². The van der Waals surface area contributed by atoms with Crippen LogP contribution in [0.2, 0.25) is 0 Å². The number of likely N-dealkylation sites (tertiary alicyclic amines) is 1. The molecule has 3 heterocycles. The van der Waals surface area contributed by atoms with E-state index in [9.17, 15) is 19.5 Å². The Morgan fingerprint density at radius 1 is 1.15 bits per heavy atom. The molecule has 3 aliphatic heterocycles. The van der Waals surface area contributed by atoms with Crippen molar-refractivity contribution in [2.24, 2.45) is 29.1 Å². The van der Waals surface area contributed by atoms with E-state index < -0.39 is 34.2 Å². The SMILES string of the molecule is C=CCN(C)C(=O)[C@@H]1[C@@H]2CC(C)C3(S2)C(C(=O)N(CC=C)C(C)(C)CC(C)(C)C)N([C@@H](CO)CC(C)C)C(=O)[C@H]13. The summed E-state index contributed by atoms with van der Waals surface area (Å²) in [5, 5.41) is 10.6. The maximum atomic E-state index is 15.0. The lowest BCUT2D eigenvalue weighted by Gasteiger charge is -2.47. The van der Waals surface area contributed by atoms with E-state index in [-0.39, 0.29) is 46.8 Å². The second kappa shape index (κ2) is 11.8. The van der Waals surface area contributed by atoms with Crippen LogP contribution in [0.15, 0.2) is 25.3 Å². The van der Waals surface area contributed by atoms with Crippen LogP contribution >= 0.6 is 11.8 Å². The van der Waals surface area contributed by atoms with Gasteiger partial charge in [0.25, 0.3) is 0 Å². The summed E-state index contributed by atoms with van der Waals surface area (Å²) < 4.78 is -0.726. The van der Waals surface area contributed by atoms with Crippen LogP contribution in [0.5, 0.6) is 0 Å². The minimum absolute atomic E-state index is 0.0192. The van der Waals surface area contributed by atoms with Crippen LogP contribution in [0.3, 0.4) is 0 Å². The average Bonchev–Trinajstić information content (AvgIpc) is 3.42. The van der Waals surface area contributed by atoms with Crippen molar-refractivity contribution in [1.82, 2.24) is 14.7 Å². The molecule has 3 amide bonds. The normalized spacial score (nSPS) is 30.4. The van der Waals surface area contributed by atoms with E-state index in [4.69, 9.17) is 0 Å². The molecule has 3 aliphatic rings. The third-order valence-electron chi connectivity index (χ3n) is 9.10. The molecular weight excluding hydrogens is 522 g/mol. The predicted molar refractivity (Wildman–Crippen MR) is 164 cm³/mol. The molecule has 0 aromatic heterocycles. The molecule has 3 saturated heterocycles. The van der Waals surface area contributed by atoms with Crippen LogP contribution in [0.25, 0.3) is 0 Å². The highest BCUT2D eigenvalue weighted by molar-refractivity contribution is 8.02. The van der Waals surface area contributed by atoms with Gasteiger partial charge in [0.05, 0.1) is 29.2 Å². The second-order valence-corrected chi connectivity index (χ2v) is 16.1. The molecule has 3 rings (SSSR count). The number of thioether (sulfide) groups is 1. The van der Waals surface area contributed by atoms with Gasteiger partial charge in [0, 0.05) is 30.9 Å². The Labute approximate surface area is 246 Å². The predicted octanol–water partition coefficient (Wildman–Crippen LogP) is 4.60. The summed E-state index contributed by atoms with van der Waals surface area (Å²) in [5.41, 5.74) is -0.523. The summed E-state index contributed by atoms with van der Waals surface area (Å²) in [5.74, 6) is -1.11. The van der Waals surface area contributed by atoms with E-state index in [1.807, 2.05) is 4.90 Å². The number of rotatable bonds is 12. The first-order chi connectivity index (χ1) is 18.5. The highest BCUT2D eigenvalue weighted by Gasteiger charge is 2.77. The van der Waals surface area contributed by atoms with Crippen LogP contribution in [0.4, 0.5) is 0 Å². The lowest BCUT2D eigenvalue weighted by molar-refractivity contribution is -0.150. The standard InChI is InChI=1S/C32H53N3O4S/c1-12-14-33(11)27(37)24-23-17-21(5)32(40-23)25(24)28(38)35(22(18-36)16-20(3)4)26(32)29(39)34(15-13-2)31(9,10)19-30(6,7)8/h12-13,20-26,36H,1-2,14-19H2,3-11H3/t21?,22-,23+,24-,25+,26?,32?/m1/s1. The summed E-state index contributed by atoms with van der Waals surface area (Å²) in [6.45, 7) is 25.3. The zero-order chi connectivity index (χ0) is 30.4. The number of aliphatic hydroxyl groups excluding tert-OH is 1. The van der Waals surface area contributed by atoms with Crippen molar-refractivity contribution in [3.63, 3.8) is 0 Å². The summed E-state index contributed by atoms with van der Waals surface area (Å²) in [6, 6.07) is -1.25.